The minimum atomic E-state index is -0.630. The molecule has 0 N–H and O–H groups in total. The van der Waals surface area contributed by atoms with Crippen molar-refractivity contribution >= 4 is 23.2 Å². The van der Waals surface area contributed by atoms with Crippen molar-refractivity contribution in [3.05, 3.63) is 0 Å². The molecule has 2 rings (SSSR count). The average molecular weight is 190 g/mol. The molecule has 0 amide bonds. The van der Waals surface area contributed by atoms with Crippen molar-refractivity contribution in [3.8, 4) is 6.07 Å². The summed E-state index contributed by atoms with van der Waals surface area (Å²) in [6, 6.07) is 2.18. The predicted octanol–water partition coefficient (Wildman–Crippen LogP) is 2.52. The molecule has 1 nitrogen and oxygen atoms in total. The van der Waals surface area contributed by atoms with Crippen LogP contribution >= 0.6 is 23.2 Å². The number of rotatable bonds is 0. The zero-order valence-electron chi connectivity index (χ0n) is 6.06. The van der Waals surface area contributed by atoms with E-state index in [2.05, 4.69) is 6.07 Å². The van der Waals surface area contributed by atoms with Gasteiger partial charge in [-0.3, -0.25) is 0 Å². The Kier molecular flexibility index (Phi) is 1.60. The quantitative estimate of drug-likeness (QED) is 0.538. The van der Waals surface area contributed by atoms with Gasteiger partial charge in [0.1, 0.15) is 4.87 Å². The topological polar surface area (TPSA) is 23.8 Å². The van der Waals surface area contributed by atoms with Crippen LogP contribution in [0.4, 0.5) is 0 Å². The van der Waals surface area contributed by atoms with E-state index < -0.39 is 4.87 Å². The Morgan fingerprint density at radius 1 is 1.45 bits per heavy atom. The number of nitrogens with zero attached hydrogens (tertiary/aromatic N) is 1. The second-order valence-corrected chi connectivity index (χ2v) is 4.87. The van der Waals surface area contributed by atoms with Crippen molar-refractivity contribution in [2.45, 2.75) is 29.5 Å². The fraction of sp³-hybridized carbons (Fsp3) is 0.875. The Morgan fingerprint density at radius 2 is 2.18 bits per heavy atom. The summed E-state index contributed by atoms with van der Waals surface area (Å²) in [5.74, 6) is 0.848. The van der Waals surface area contributed by atoms with Crippen LogP contribution in [0.5, 0.6) is 0 Å². The van der Waals surface area contributed by atoms with Gasteiger partial charge in [-0.2, -0.15) is 5.26 Å². The molecule has 0 radical (unpaired) electrons. The maximum Gasteiger partial charge on any atom is 0.135 e. The van der Waals surface area contributed by atoms with Crippen LogP contribution in [0.1, 0.15) is 19.3 Å². The third-order valence-corrected chi connectivity index (χ3v) is 3.94. The highest BCUT2D eigenvalue weighted by atomic mass is 35.5. The van der Waals surface area contributed by atoms with Gasteiger partial charge in [0.2, 0.25) is 0 Å². The number of hydrogen-bond acceptors (Lipinski definition) is 1. The van der Waals surface area contributed by atoms with E-state index in [1.54, 1.807) is 0 Å². The molecule has 60 valence electrons. The molecule has 0 aliphatic heterocycles. The normalized spacial score (nSPS) is 54.5. The average Bonchev–Trinajstić information content (AvgIpc) is 2.44. The van der Waals surface area contributed by atoms with Gasteiger partial charge in [-0.15, -0.1) is 23.2 Å². The summed E-state index contributed by atoms with van der Waals surface area (Å²) in [5.41, 5.74) is 0. The summed E-state index contributed by atoms with van der Waals surface area (Å²) in [4.78, 5) is -0.630. The van der Waals surface area contributed by atoms with Gasteiger partial charge >= 0.3 is 0 Å². The molecule has 0 aromatic rings. The van der Waals surface area contributed by atoms with E-state index in [9.17, 15) is 0 Å². The second-order valence-electron chi connectivity index (χ2n) is 3.64. The number of hydrogen-bond donors (Lipinski definition) is 0. The molecule has 2 saturated carbocycles. The summed E-state index contributed by atoms with van der Waals surface area (Å²) < 4.78 is 0. The summed E-state index contributed by atoms with van der Waals surface area (Å²) in [7, 11) is 0. The van der Waals surface area contributed by atoms with Crippen molar-refractivity contribution < 1.29 is 0 Å². The number of nitriles is 1. The Balaban J connectivity index is 2.26. The Bertz CT molecular complexity index is 223. The molecule has 0 spiro atoms. The van der Waals surface area contributed by atoms with Gasteiger partial charge in [0, 0.05) is 11.3 Å². The molecule has 4 atom stereocenters. The molecule has 3 heteroatoms. The van der Waals surface area contributed by atoms with Crippen LogP contribution in [0.15, 0.2) is 0 Å². The van der Waals surface area contributed by atoms with Crippen LogP contribution in [0, 0.1) is 23.2 Å². The van der Waals surface area contributed by atoms with Crippen molar-refractivity contribution in [2.24, 2.45) is 11.8 Å². The summed E-state index contributed by atoms with van der Waals surface area (Å²) in [6.07, 6.45) is 2.96. The first-order valence-corrected chi connectivity index (χ1v) is 4.71. The third kappa shape index (κ3) is 0.965. The Labute approximate surface area is 76.3 Å². The largest absolute Gasteiger partial charge is 0.196 e. The van der Waals surface area contributed by atoms with E-state index in [0.29, 0.717) is 5.92 Å². The number of halogens is 2. The maximum absolute atomic E-state index is 8.82. The van der Waals surface area contributed by atoms with Gasteiger partial charge in [0.25, 0.3) is 0 Å². The molecular weight excluding hydrogens is 181 g/mol. The molecule has 0 heterocycles. The van der Waals surface area contributed by atoms with Crippen molar-refractivity contribution in [1.29, 1.82) is 5.26 Å². The summed E-state index contributed by atoms with van der Waals surface area (Å²) in [5, 5.41) is 8.97. The standard InChI is InChI=1S/C8H9Cl2N/c9-7-2-5-1-6(7)8(10,3-5)4-11/h5-7H,1-3H2/t5-,6+,7+,8+/m0/s1. The lowest BCUT2D eigenvalue weighted by Gasteiger charge is -2.27. The monoisotopic (exact) mass is 189 g/mol. The zero-order valence-corrected chi connectivity index (χ0v) is 7.57. The van der Waals surface area contributed by atoms with Gasteiger partial charge in [-0.1, -0.05) is 0 Å². The van der Waals surface area contributed by atoms with Crippen LogP contribution in [-0.4, -0.2) is 10.3 Å². The van der Waals surface area contributed by atoms with Gasteiger partial charge in [0.05, 0.1) is 6.07 Å². The molecule has 11 heavy (non-hydrogen) atoms. The molecule has 0 aromatic carbocycles. The highest BCUT2D eigenvalue weighted by Gasteiger charge is 2.54. The van der Waals surface area contributed by atoms with Crippen LogP contribution < -0.4 is 0 Å². The van der Waals surface area contributed by atoms with Crippen molar-refractivity contribution in [2.75, 3.05) is 0 Å². The van der Waals surface area contributed by atoms with Crippen LogP contribution in [0.2, 0.25) is 0 Å². The first-order valence-electron chi connectivity index (χ1n) is 3.90. The van der Waals surface area contributed by atoms with Crippen LogP contribution in [0.25, 0.3) is 0 Å². The first kappa shape index (κ1) is 7.71. The highest BCUT2D eigenvalue weighted by molar-refractivity contribution is 6.28. The van der Waals surface area contributed by atoms with Gasteiger partial charge in [-0.05, 0) is 25.2 Å². The van der Waals surface area contributed by atoms with E-state index in [1.807, 2.05) is 0 Å². The van der Waals surface area contributed by atoms with E-state index in [-0.39, 0.29) is 11.3 Å². The summed E-state index contributed by atoms with van der Waals surface area (Å²) in [6.45, 7) is 0. The van der Waals surface area contributed by atoms with Crippen molar-refractivity contribution in [3.63, 3.8) is 0 Å². The fourth-order valence-corrected chi connectivity index (χ4v) is 3.52. The lowest BCUT2D eigenvalue weighted by molar-refractivity contribution is 0.435. The van der Waals surface area contributed by atoms with E-state index in [1.165, 1.54) is 0 Å². The molecule has 0 aromatic heterocycles. The third-order valence-electron chi connectivity index (χ3n) is 2.94. The Hall–Kier alpha value is 0.0700. The van der Waals surface area contributed by atoms with Crippen LogP contribution in [-0.2, 0) is 0 Å². The molecule has 2 aliphatic carbocycles. The Morgan fingerprint density at radius 3 is 2.55 bits per heavy atom. The molecule has 2 bridgehead atoms. The maximum atomic E-state index is 8.82. The smallest absolute Gasteiger partial charge is 0.135 e. The van der Waals surface area contributed by atoms with Crippen LogP contribution in [0.3, 0.4) is 0 Å². The highest BCUT2D eigenvalue weighted by Crippen LogP contribution is 2.55. The molecule has 0 unspecified atom stereocenters. The lowest BCUT2D eigenvalue weighted by Crippen LogP contribution is -2.33. The fourth-order valence-electron chi connectivity index (χ4n) is 2.43. The van der Waals surface area contributed by atoms with Gasteiger partial charge in [0.15, 0.2) is 0 Å². The van der Waals surface area contributed by atoms with Crippen molar-refractivity contribution in [1.82, 2.24) is 0 Å². The van der Waals surface area contributed by atoms with E-state index in [4.69, 9.17) is 28.5 Å². The molecule has 0 saturated heterocycles. The minimum absolute atomic E-state index is 0.144. The minimum Gasteiger partial charge on any atom is -0.196 e. The number of alkyl halides is 2. The predicted molar refractivity (Wildman–Crippen MR) is 44.7 cm³/mol. The summed E-state index contributed by atoms with van der Waals surface area (Å²) >= 11 is 12.1. The lowest BCUT2D eigenvalue weighted by atomic mass is 9.89. The molecule has 2 fully saturated rings. The second kappa shape index (κ2) is 2.28. The van der Waals surface area contributed by atoms with E-state index >= 15 is 0 Å². The first-order chi connectivity index (χ1) is 5.15. The van der Waals surface area contributed by atoms with E-state index in [0.717, 1.165) is 19.3 Å². The number of fused-ring (bicyclic) bond motifs is 2. The zero-order chi connectivity index (χ0) is 8.06. The molecule has 2 aliphatic rings. The SMILES string of the molecule is N#C[C@]1(Cl)C[C@@H]2C[C@@H](Cl)[C@H]1C2. The molecular formula is C8H9Cl2N. The van der Waals surface area contributed by atoms with Gasteiger partial charge in [-0.25, -0.2) is 0 Å². The van der Waals surface area contributed by atoms with Gasteiger partial charge < -0.3 is 0 Å².